The van der Waals surface area contributed by atoms with Crippen molar-refractivity contribution in [3.63, 3.8) is 0 Å². The lowest BCUT2D eigenvalue weighted by Crippen LogP contribution is -2.18. The summed E-state index contributed by atoms with van der Waals surface area (Å²) in [4.78, 5) is 12.2. The number of rotatable bonds is 7. The number of benzene rings is 1. The Morgan fingerprint density at radius 2 is 1.96 bits per heavy atom. The van der Waals surface area contributed by atoms with Gasteiger partial charge in [0.05, 0.1) is 4.90 Å². The molecule has 1 heterocycles. The highest BCUT2D eigenvalue weighted by Gasteiger charge is 2.27. The van der Waals surface area contributed by atoms with Crippen LogP contribution in [0.3, 0.4) is 0 Å². The first-order valence-electron chi connectivity index (χ1n) is 7.63. The van der Waals surface area contributed by atoms with Crippen LogP contribution in [0.4, 0.5) is 5.13 Å². The van der Waals surface area contributed by atoms with Gasteiger partial charge >= 0.3 is 0 Å². The van der Waals surface area contributed by atoms with Gasteiger partial charge in [-0.25, -0.2) is 13.1 Å². The summed E-state index contributed by atoms with van der Waals surface area (Å²) in [5, 5.41) is 12.4. The van der Waals surface area contributed by atoms with Crippen LogP contribution in [0.1, 0.15) is 35.8 Å². The Bertz CT molecular complexity index is 827. The predicted molar refractivity (Wildman–Crippen MR) is 91.5 cm³/mol. The molecule has 0 spiro atoms. The number of aryl methyl sites for hydroxylation is 1. The fourth-order valence-electron chi connectivity index (χ4n) is 2.17. The molecule has 2 N–H and O–H groups in total. The largest absolute Gasteiger partial charge is 0.301 e. The molecule has 128 valence electrons. The first-order valence-corrected chi connectivity index (χ1v) is 9.93. The summed E-state index contributed by atoms with van der Waals surface area (Å²) in [5.41, 5.74) is 0.899. The summed E-state index contributed by atoms with van der Waals surface area (Å²) < 4.78 is 25.6. The molecule has 0 saturated heterocycles. The number of amides is 1. The number of carbonyl (C=O) groups excluding carboxylic acids is 1. The van der Waals surface area contributed by atoms with E-state index in [4.69, 9.17) is 0 Å². The summed E-state index contributed by atoms with van der Waals surface area (Å²) in [5.74, 6) is 0.404. The van der Waals surface area contributed by atoms with Crippen molar-refractivity contribution in [3.8, 4) is 0 Å². The SMILES string of the molecule is CNS(=O)(=O)c1ccc(CCC(=O)Nc2nnc(C3CC3)s2)cc1. The second-order valence-electron chi connectivity index (χ2n) is 5.62. The Morgan fingerprint density at radius 1 is 1.25 bits per heavy atom. The highest BCUT2D eigenvalue weighted by molar-refractivity contribution is 7.89. The number of nitrogens with one attached hydrogen (secondary N) is 2. The molecular weight excluding hydrogens is 348 g/mol. The zero-order chi connectivity index (χ0) is 17.2. The maximum Gasteiger partial charge on any atom is 0.240 e. The first kappa shape index (κ1) is 17.0. The van der Waals surface area contributed by atoms with Gasteiger partial charge in [0, 0.05) is 12.3 Å². The molecule has 2 aromatic rings. The average Bonchev–Trinajstić information content (AvgIpc) is 3.33. The minimum absolute atomic E-state index is 0.125. The molecule has 0 aliphatic heterocycles. The number of anilines is 1. The summed E-state index contributed by atoms with van der Waals surface area (Å²) in [6.45, 7) is 0. The van der Waals surface area contributed by atoms with E-state index in [-0.39, 0.29) is 10.8 Å². The molecule has 0 unspecified atom stereocenters. The second kappa shape index (κ2) is 6.96. The zero-order valence-electron chi connectivity index (χ0n) is 13.2. The Morgan fingerprint density at radius 3 is 2.58 bits per heavy atom. The fourth-order valence-corrected chi connectivity index (χ4v) is 3.83. The van der Waals surface area contributed by atoms with Crippen molar-refractivity contribution < 1.29 is 13.2 Å². The highest BCUT2D eigenvalue weighted by atomic mass is 32.2. The van der Waals surface area contributed by atoms with Crippen LogP contribution in [-0.2, 0) is 21.2 Å². The maximum absolute atomic E-state index is 12.0. The van der Waals surface area contributed by atoms with Gasteiger partial charge in [0.25, 0.3) is 0 Å². The van der Waals surface area contributed by atoms with Gasteiger partial charge in [0.15, 0.2) is 0 Å². The second-order valence-corrected chi connectivity index (χ2v) is 8.52. The lowest BCUT2D eigenvalue weighted by atomic mass is 10.1. The molecule has 1 saturated carbocycles. The first-order chi connectivity index (χ1) is 11.5. The van der Waals surface area contributed by atoms with Crippen molar-refractivity contribution in [2.24, 2.45) is 0 Å². The number of hydrogen-bond donors (Lipinski definition) is 2. The van der Waals surface area contributed by atoms with Crippen molar-refractivity contribution in [1.29, 1.82) is 0 Å². The van der Waals surface area contributed by atoms with Crippen LogP contribution in [0.5, 0.6) is 0 Å². The molecule has 1 aliphatic carbocycles. The predicted octanol–water partition coefficient (Wildman–Crippen LogP) is 1.89. The average molecular weight is 366 g/mol. The van der Waals surface area contributed by atoms with Crippen LogP contribution in [0, 0.1) is 0 Å². The van der Waals surface area contributed by atoms with Gasteiger partial charge < -0.3 is 5.32 Å². The lowest BCUT2D eigenvalue weighted by molar-refractivity contribution is -0.116. The van der Waals surface area contributed by atoms with E-state index < -0.39 is 10.0 Å². The van der Waals surface area contributed by atoms with Crippen LogP contribution in [-0.4, -0.2) is 31.6 Å². The van der Waals surface area contributed by atoms with Gasteiger partial charge in [0.2, 0.25) is 21.1 Å². The van der Waals surface area contributed by atoms with Crippen molar-refractivity contribution in [2.75, 3.05) is 12.4 Å². The maximum atomic E-state index is 12.0. The Hall–Kier alpha value is -1.84. The molecule has 3 rings (SSSR count). The molecule has 0 radical (unpaired) electrons. The molecule has 0 bridgehead atoms. The van der Waals surface area contributed by atoms with E-state index in [1.54, 1.807) is 12.1 Å². The van der Waals surface area contributed by atoms with E-state index in [9.17, 15) is 13.2 Å². The van der Waals surface area contributed by atoms with Crippen molar-refractivity contribution >= 4 is 32.4 Å². The third-order valence-corrected chi connectivity index (χ3v) is 6.19. The molecule has 1 fully saturated rings. The van der Waals surface area contributed by atoms with Crippen molar-refractivity contribution in [2.45, 2.75) is 36.5 Å². The van der Waals surface area contributed by atoms with Crippen LogP contribution >= 0.6 is 11.3 Å². The van der Waals surface area contributed by atoms with E-state index >= 15 is 0 Å². The molecular formula is C15H18N4O3S2. The molecule has 1 aliphatic rings. The standard InChI is InChI=1S/C15H18N4O3S2/c1-16-24(21,22)12-7-2-10(3-8-12)4-9-13(20)17-15-19-18-14(23-15)11-5-6-11/h2-3,7-8,11,16H,4-6,9H2,1H3,(H,17,19,20). The quantitative estimate of drug-likeness (QED) is 0.779. The normalized spacial score (nSPS) is 14.5. The molecule has 1 aromatic carbocycles. The van der Waals surface area contributed by atoms with E-state index in [2.05, 4.69) is 20.2 Å². The molecule has 0 atom stereocenters. The molecule has 1 amide bonds. The Labute approximate surface area is 144 Å². The third kappa shape index (κ3) is 4.16. The van der Waals surface area contributed by atoms with E-state index in [1.807, 2.05) is 0 Å². The van der Waals surface area contributed by atoms with Gasteiger partial charge in [0.1, 0.15) is 5.01 Å². The number of carbonyl (C=O) groups is 1. The monoisotopic (exact) mass is 366 g/mol. The zero-order valence-corrected chi connectivity index (χ0v) is 14.8. The van der Waals surface area contributed by atoms with Gasteiger partial charge in [-0.3, -0.25) is 4.79 Å². The topological polar surface area (TPSA) is 101 Å². The molecule has 24 heavy (non-hydrogen) atoms. The van der Waals surface area contributed by atoms with E-state index in [0.717, 1.165) is 23.4 Å². The summed E-state index contributed by atoms with van der Waals surface area (Å²) in [7, 11) is -2.06. The van der Waals surface area contributed by atoms with Crippen LogP contribution in [0.25, 0.3) is 0 Å². The summed E-state index contributed by atoms with van der Waals surface area (Å²) in [6.07, 6.45) is 3.14. The minimum atomic E-state index is -3.43. The number of nitrogens with zero attached hydrogens (tertiary/aromatic N) is 2. The van der Waals surface area contributed by atoms with Gasteiger partial charge in [-0.1, -0.05) is 23.5 Å². The van der Waals surface area contributed by atoms with Crippen LogP contribution in [0.15, 0.2) is 29.2 Å². The lowest BCUT2D eigenvalue weighted by Gasteiger charge is -2.05. The fraction of sp³-hybridized carbons (Fsp3) is 0.400. The third-order valence-electron chi connectivity index (χ3n) is 3.76. The van der Waals surface area contributed by atoms with E-state index in [0.29, 0.717) is 23.9 Å². The Balaban J connectivity index is 1.52. The summed E-state index contributed by atoms with van der Waals surface area (Å²) >= 11 is 1.43. The highest BCUT2D eigenvalue weighted by Crippen LogP contribution is 2.42. The van der Waals surface area contributed by atoms with Gasteiger partial charge in [-0.2, -0.15) is 0 Å². The minimum Gasteiger partial charge on any atom is -0.301 e. The number of hydrogen-bond acceptors (Lipinski definition) is 6. The smallest absolute Gasteiger partial charge is 0.240 e. The van der Waals surface area contributed by atoms with Gasteiger partial charge in [-0.15, -0.1) is 10.2 Å². The van der Waals surface area contributed by atoms with E-state index in [1.165, 1.54) is 30.5 Å². The Kier molecular flexibility index (Phi) is 4.93. The molecule has 7 nitrogen and oxygen atoms in total. The van der Waals surface area contributed by atoms with Crippen molar-refractivity contribution in [3.05, 3.63) is 34.8 Å². The van der Waals surface area contributed by atoms with Crippen molar-refractivity contribution in [1.82, 2.24) is 14.9 Å². The number of aromatic nitrogens is 2. The van der Waals surface area contributed by atoms with Crippen LogP contribution in [0.2, 0.25) is 0 Å². The van der Waals surface area contributed by atoms with Crippen LogP contribution < -0.4 is 10.0 Å². The number of sulfonamides is 1. The molecule has 9 heteroatoms. The summed E-state index contributed by atoms with van der Waals surface area (Å²) in [6, 6.07) is 6.50. The molecule has 1 aromatic heterocycles. The van der Waals surface area contributed by atoms with Gasteiger partial charge in [-0.05, 0) is 44.0 Å².